The van der Waals surface area contributed by atoms with Crippen LogP contribution in [0, 0.1) is 11.3 Å². The fourth-order valence-corrected chi connectivity index (χ4v) is 0.957. The summed E-state index contributed by atoms with van der Waals surface area (Å²) in [7, 11) is 0. The Balaban J connectivity index is 3.21. The van der Waals surface area contributed by atoms with Gasteiger partial charge < -0.3 is 15.6 Å². The van der Waals surface area contributed by atoms with Crippen molar-refractivity contribution in [3.05, 3.63) is 17.3 Å². The highest BCUT2D eigenvalue weighted by Crippen LogP contribution is 2.27. The Morgan fingerprint density at radius 2 is 2.19 bits per heavy atom. The van der Waals surface area contributed by atoms with Gasteiger partial charge in [-0.1, -0.05) is 0 Å². The molecular formula is C8H6F3N3O2. The number of hydrogen-bond acceptors (Lipinski definition) is 5. The van der Waals surface area contributed by atoms with Crippen molar-refractivity contribution in [1.82, 2.24) is 4.98 Å². The van der Waals surface area contributed by atoms with Crippen LogP contribution in [0.25, 0.3) is 0 Å². The number of nitrogens with zero attached hydrogens (tertiary/aromatic N) is 2. The number of aromatic nitrogens is 1. The summed E-state index contributed by atoms with van der Waals surface area (Å²) in [5, 5.41) is 17.3. The summed E-state index contributed by atoms with van der Waals surface area (Å²) < 4.78 is 39.4. The molecule has 8 heteroatoms. The first-order chi connectivity index (χ1) is 7.37. The molecule has 0 aliphatic carbocycles. The number of aliphatic hydroxyl groups is 1. The zero-order valence-corrected chi connectivity index (χ0v) is 7.75. The van der Waals surface area contributed by atoms with Crippen LogP contribution >= 0.6 is 0 Å². The molecule has 0 amide bonds. The lowest BCUT2D eigenvalue weighted by atomic mass is 10.2. The molecule has 0 unspecified atom stereocenters. The van der Waals surface area contributed by atoms with E-state index >= 15 is 0 Å². The molecule has 0 bridgehead atoms. The van der Waals surface area contributed by atoms with E-state index in [1.54, 1.807) is 0 Å². The van der Waals surface area contributed by atoms with Crippen molar-refractivity contribution in [1.29, 1.82) is 5.26 Å². The van der Waals surface area contributed by atoms with E-state index in [1.807, 2.05) is 0 Å². The van der Waals surface area contributed by atoms with Gasteiger partial charge in [-0.2, -0.15) is 10.2 Å². The van der Waals surface area contributed by atoms with Gasteiger partial charge >= 0.3 is 6.36 Å². The number of ether oxygens (including phenoxy) is 1. The van der Waals surface area contributed by atoms with Crippen LogP contribution in [0.1, 0.15) is 11.3 Å². The van der Waals surface area contributed by atoms with E-state index in [0.717, 1.165) is 6.07 Å². The zero-order chi connectivity index (χ0) is 12.3. The second-order valence-corrected chi connectivity index (χ2v) is 2.71. The number of nitrogen functional groups attached to an aromatic ring is 1. The Kier molecular flexibility index (Phi) is 3.20. The van der Waals surface area contributed by atoms with Crippen molar-refractivity contribution in [2.24, 2.45) is 0 Å². The summed E-state index contributed by atoms with van der Waals surface area (Å²) in [6, 6.07) is 2.51. The van der Waals surface area contributed by atoms with Gasteiger partial charge in [0.25, 0.3) is 0 Å². The Morgan fingerprint density at radius 3 is 2.62 bits per heavy atom. The Bertz CT molecular complexity index is 439. The summed E-state index contributed by atoms with van der Waals surface area (Å²) in [6.45, 7) is -0.728. The summed E-state index contributed by atoms with van der Waals surface area (Å²) in [6.07, 6.45) is -4.94. The van der Waals surface area contributed by atoms with Crippen LogP contribution < -0.4 is 10.5 Å². The number of anilines is 1. The number of alkyl halides is 3. The molecule has 5 nitrogen and oxygen atoms in total. The van der Waals surface area contributed by atoms with Crippen LogP contribution in [0.5, 0.6) is 5.88 Å². The number of nitriles is 1. The molecule has 0 saturated heterocycles. The van der Waals surface area contributed by atoms with Gasteiger partial charge in [0.15, 0.2) is 5.69 Å². The van der Waals surface area contributed by atoms with E-state index in [1.165, 1.54) is 6.07 Å². The standard InChI is InChI=1S/C8H6F3N3O2/c9-8(10,11)16-7-4(3-15)1-5(13)6(2-12)14-7/h1,15H,3,13H2. The minimum absolute atomic E-state index is 0.124. The van der Waals surface area contributed by atoms with Crippen LogP contribution in [0.3, 0.4) is 0 Å². The highest BCUT2D eigenvalue weighted by atomic mass is 19.4. The lowest BCUT2D eigenvalue weighted by Gasteiger charge is -2.11. The maximum Gasteiger partial charge on any atom is 0.574 e. The molecule has 0 radical (unpaired) electrons. The number of pyridine rings is 1. The molecule has 1 heterocycles. The van der Waals surface area contributed by atoms with Gasteiger partial charge in [0, 0.05) is 5.56 Å². The van der Waals surface area contributed by atoms with Gasteiger partial charge in [-0.05, 0) is 6.07 Å². The molecule has 1 aromatic rings. The lowest BCUT2D eigenvalue weighted by Crippen LogP contribution is -2.19. The van der Waals surface area contributed by atoms with Crippen molar-refractivity contribution in [2.45, 2.75) is 13.0 Å². The first-order valence-electron chi connectivity index (χ1n) is 3.93. The Hall–Kier alpha value is -2.01. The normalized spacial score (nSPS) is 10.9. The summed E-state index contributed by atoms with van der Waals surface area (Å²) in [5.41, 5.74) is 4.55. The maximum absolute atomic E-state index is 11.9. The molecule has 3 N–H and O–H groups in total. The van der Waals surface area contributed by atoms with Crippen LogP contribution in [-0.2, 0) is 6.61 Å². The van der Waals surface area contributed by atoms with E-state index in [2.05, 4.69) is 9.72 Å². The zero-order valence-electron chi connectivity index (χ0n) is 7.75. The third-order valence-electron chi connectivity index (χ3n) is 1.58. The van der Waals surface area contributed by atoms with Gasteiger partial charge in [0.05, 0.1) is 12.3 Å². The fourth-order valence-electron chi connectivity index (χ4n) is 0.957. The largest absolute Gasteiger partial charge is 0.574 e. The van der Waals surface area contributed by atoms with E-state index in [0.29, 0.717) is 0 Å². The predicted octanol–water partition coefficient (Wildman–Crippen LogP) is 0.926. The lowest BCUT2D eigenvalue weighted by molar-refractivity contribution is -0.276. The Labute approximate surface area is 87.9 Å². The molecular weight excluding hydrogens is 227 g/mol. The topological polar surface area (TPSA) is 92.2 Å². The predicted molar refractivity (Wildman–Crippen MR) is 46.0 cm³/mol. The summed E-state index contributed by atoms with van der Waals surface area (Å²) >= 11 is 0. The fraction of sp³-hybridized carbons (Fsp3) is 0.250. The van der Waals surface area contributed by atoms with Crippen molar-refractivity contribution >= 4 is 5.69 Å². The number of aliphatic hydroxyl groups excluding tert-OH is 1. The average Bonchev–Trinajstić information content (AvgIpc) is 2.18. The quantitative estimate of drug-likeness (QED) is 0.792. The molecule has 0 aliphatic rings. The molecule has 0 saturated carbocycles. The summed E-state index contributed by atoms with van der Waals surface area (Å²) in [4.78, 5) is 3.26. The first kappa shape index (κ1) is 12.1. The second-order valence-electron chi connectivity index (χ2n) is 2.71. The van der Waals surface area contributed by atoms with Crippen LogP contribution in [0.15, 0.2) is 6.07 Å². The van der Waals surface area contributed by atoms with E-state index in [4.69, 9.17) is 16.1 Å². The molecule has 0 aromatic carbocycles. The van der Waals surface area contributed by atoms with Gasteiger partial charge in [-0.15, -0.1) is 13.2 Å². The van der Waals surface area contributed by atoms with Gasteiger partial charge in [0.2, 0.25) is 5.88 Å². The van der Waals surface area contributed by atoms with Gasteiger partial charge in [-0.25, -0.2) is 0 Å². The van der Waals surface area contributed by atoms with Crippen molar-refractivity contribution in [3.63, 3.8) is 0 Å². The number of rotatable bonds is 2. The third kappa shape index (κ3) is 2.74. The van der Waals surface area contributed by atoms with Gasteiger partial charge in [-0.3, -0.25) is 0 Å². The SMILES string of the molecule is N#Cc1nc(OC(F)(F)F)c(CO)cc1N. The molecule has 1 aromatic heterocycles. The minimum Gasteiger partial charge on any atom is -0.396 e. The molecule has 16 heavy (non-hydrogen) atoms. The van der Waals surface area contributed by atoms with Crippen LogP contribution in [0.2, 0.25) is 0 Å². The van der Waals surface area contributed by atoms with Crippen molar-refractivity contribution < 1.29 is 23.0 Å². The maximum atomic E-state index is 11.9. The average molecular weight is 233 g/mol. The molecule has 86 valence electrons. The number of nitrogens with two attached hydrogens (primary N) is 1. The highest BCUT2D eigenvalue weighted by molar-refractivity contribution is 5.53. The minimum atomic E-state index is -4.94. The van der Waals surface area contributed by atoms with E-state index in [-0.39, 0.29) is 11.3 Å². The van der Waals surface area contributed by atoms with E-state index in [9.17, 15) is 13.2 Å². The Morgan fingerprint density at radius 1 is 1.56 bits per heavy atom. The molecule has 1 rings (SSSR count). The van der Waals surface area contributed by atoms with Crippen LogP contribution in [0.4, 0.5) is 18.9 Å². The molecule has 0 fully saturated rings. The van der Waals surface area contributed by atoms with Crippen molar-refractivity contribution in [2.75, 3.05) is 5.73 Å². The monoisotopic (exact) mass is 233 g/mol. The smallest absolute Gasteiger partial charge is 0.396 e. The highest BCUT2D eigenvalue weighted by Gasteiger charge is 2.33. The number of hydrogen-bond donors (Lipinski definition) is 2. The summed E-state index contributed by atoms with van der Waals surface area (Å²) in [5.74, 6) is -0.874. The van der Waals surface area contributed by atoms with Crippen molar-refractivity contribution in [3.8, 4) is 11.9 Å². The van der Waals surface area contributed by atoms with Crippen LogP contribution in [-0.4, -0.2) is 16.5 Å². The second kappa shape index (κ2) is 4.24. The third-order valence-corrected chi connectivity index (χ3v) is 1.58. The molecule has 0 spiro atoms. The first-order valence-corrected chi connectivity index (χ1v) is 3.93. The molecule has 0 atom stereocenters. The van der Waals surface area contributed by atoms with E-state index < -0.39 is 24.5 Å². The number of halogens is 3. The van der Waals surface area contributed by atoms with Gasteiger partial charge in [0.1, 0.15) is 6.07 Å². The molecule has 0 aliphatic heterocycles.